The van der Waals surface area contributed by atoms with Gasteiger partial charge in [-0.05, 0) is 43.4 Å². The van der Waals surface area contributed by atoms with Crippen LogP contribution in [0.4, 0.5) is 13.2 Å². The summed E-state index contributed by atoms with van der Waals surface area (Å²) >= 11 is 0. The summed E-state index contributed by atoms with van der Waals surface area (Å²) in [6.07, 6.45) is -3.79. The minimum atomic E-state index is -4.73. The fourth-order valence-corrected chi connectivity index (χ4v) is 6.47. The number of hydrogen-bond donors (Lipinski definition) is 1. The second kappa shape index (κ2) is 5.46. The Labute approximate surface area is 137 Å². The molecule has 0 aromatic heterocycles. The third kappa shape index (κ3) is 2.70. The number of halogens is 3. The van der Waals surface area contributed by atoms with Crippen molar-refractivity contribution in [1.29, 1.82) is 5.26 Å². The third-order valence-corrected chi connectivity index (χ3v) is 7.73. The second-order valence-corrected chi connectivity index (χ2v) is 9.09. The highest BCUT2D eigenvalue weighted by Crippen LogP contribution is 2.49. The van der Waals surface area contributed by atoms with Crippen molar-refractivity contribution in [1.82, 2.24) is 0 Å². The Bertz CT molecular complexity index is 791. The summed E-state index contributed by atoms with van der Waals surface area (Å²) in [6.45, 7) is 0. The Hall–Kier alpha value is -1.59. The summed E-state index contributed by atoms with van der Waals surface area (Å²) in [5.74, 6) is 0. The molecule has 3 rings (SSSR count). The van der Waals surface area contributed by atoms with Crippen LogP contribution < -0.4 is 0 Å². The fraction of sp³-hybridized carbons (Fsp3) is 0.562. The summed E-state index contributed by atoms with van der Waals surface area (Å²) in [6, 6.07) is 4.70. The number of hydrogen-bond acceptors (Lipinski definition) is 4. The van der Waals surface area contributed by atoms with Crippen LogP contribution in [0.3, 0.4) is 0 Å². The number of nitriles is 1. The van der Waals surface area contributed by atoms with Gasteiger partial charge in [0, 0.05) is 0 Å². The Balaban J connectivity index is 2.11. The van der Waals surface area contributed by atoms with Gasteiger partial charge in [0.25, 0.3) is 0 Å². The van der Waals surface area contributed by atoms with Crippen LogP contribution in [-0.2, 0) is 21.6 Å². The number of aliphatic hydroxyl groups is 1. The monoisotopic (exact) mass is 359 g/mol. The molecule has 2 aliphatic rings. The van der Waals surface area contributed by atoms with Gasteiger partial charge in [-0.25, -0.2) is 8.42 Å². The standard InChI is InChI=1S/C16H16F3NO3S/c17-16(18,19)14-6-10(9-20)4-5-13(14)15(21)7-11-2-1-3-12(8-15)24(11,22)23/h4-6,11-12,21H,1-3,7-8H2. The normalized spacial score (nSPS) is 32.1. The molecule has 0 spiro atoms. The topological polar surface area (TPSA) is 78.2 Å². The van der Waals surface area contributed by atoms with Crippen LogP contribution in [0, 0.1) is 11.3 Å². The molecule has 2 saturated heterocycles. The lowest BCUT2D eigenvalue weighted by Crippen LogP contribution is -2.50. The van der Waals surface area contributed by atoms with E-state index in [1.165, 1.54) is 6.07 Å². The van der Waals surface area contributed by atoms with Crippen molar-refractivity contribution in [2.45, 2.75) is 54.4 Å². The molecular weight excluding hydrogens is 343 g/mol. The van der Waals surface area contributed by atoms with E-state index >= 15 is 0 Å². The largest absolute Gasteiger partial charge is 0.416 e. The van der Waals surface area contributed by atoms with Crippen molar-refractivity contribution in [3.63, 3.8) is 0 Å². The van der Waals surface area contributed by atoms with Gasteiger partial charge in [0.15, 0.2) is 9.84 Å². The molecule has 130 valence electrons. The Morgan fingerprint density at radius 3 is 2.29 bits per heavy atom. The van der Waals surface area contributed by atoms with Crippen LogP contribution in [-0.4, -0.2) is 24.0 Å². The van der Waals surface area contributed by atoms with Gasteiger partial charge in [-0.1, -0.05) is 12.5 Å². The highest BCUT2D eigenvalue weighted by molar-refractivity contribution is 7.92. The fourth-order valence-electron chi connectivity index (χ4n) is 3.92. The van der Waals surface area contributed by atoms with Crippen molar-refractivity contribution in [3.8, 4) is 6.07 Å². The molecule has 2 bridgehead atoms. The zero-order valence-electron chi connectivity index (χ0n) is 12.7. The molecule has 2 aliphatic heterocycles. The van der Waals surface area contributed by atoms with E-state index in [-0.39, 0.29) is 24.0 Å². The molecule has 2 fully saturated rings. The number of rotatable bonds is 1. The van der Waals surface area contributed by atoms with Gasteiger partial charge in [0.05, 0.1) is 33.3 Å². The van der Waals surface area contributed by atoms with Crippen molar-refractivity contribution >= 4 is 9.84 Å². The van der Waals surface area contributed by atoms with Gasteiger partial charge in [-0.15, -0.1) is 0 Å². The molecule has 0 aliphatic carbocycles. The molecule has 2 atom stereocenters. The summed E-state index contributed by atoms with van der Waals surface area (Å²) in [4.78, 5) is 0. The quantitative estimate of drug-likeness (QED) is 0.836. The smallest absolute Gasteiger partial charge is 0.385 e. The molecule has 0 radical (unpaired) electrons. The highest BCUT2D eigenvalue weighted by atomic mass is 32.2. The molecule has 0 amide bonds. The maximum absolute atomic E-state index is 13.4. The van der Waals surface area contributed by atoms with Crippen LogP contribution in [0.25, 0.3) is 0 Å². The minimum Gasteiger partial charge on any atom is -0.385 e. The van der Waals surface area contributed by atoms with Gasteiger partial charge in [0.2, 0.25) is 0 Å². The molecule has 0 saturated carbocycles. The summed E-state index contributed by atoms with van der Waals surface area (Å²) in [5.41, 5.74) is -3.40. The molecule has 2 unspecified atom stereocenters. The van der Waals surface area contributed by atoms with E-state index in [0.717, 1.165) is 6.07 Å². The summed E-state index contributed by atoms with van der Waals surface area (Å²) in [7, 11) is -3.40. The number of benzene rings is 1. The predicted octanol–water partition coefficient (Wildman–Crippen LogP) is 2.89. The van der Waals surface area contributed by atoms with E-state index < -0.39 is 37.7 Å². The molecular formula is C16H16F3NO3S. The van der Waals surface area contributed by atoms with Gasteiger partial charge in [-0.3, -0.25) is 0 Å². The first-order valence-corrected chi connectivity index (χ1v) is 9.26. The zero-order valence-corrected chi connectivity index (χ0v) is 13.5. The molecule has 2 heterocycles. The average molecular weight is 359 g/mol. The molecule has 8 heteroatoms. The second-order valence-electron chi connectivity index (χ2n) is 6.57. The Kier molecular flexibility index (Phi) is 3.92. The van der Waals surface area contributed by atoms with E-state index in [1.54, 1.807) is 6.07 Å². The van der Waals surface area contributed by atoms with E-state index in [4.69, 9.17) is 5.26 Å². The number of nitrogens with zero attached hydrogens (tertiary/aromatic N) is 1. The lowest BCUT2D eigenvalue weighted by atomic mass is 9.78. The molecule has 24 heavy (non-hydrogen) atoms. The van der Waals surface area contributed by atoms with E-state index in [2.05, 4.69) is 0 Å². The summed E-state index contributed by atoms with van der Waals surface area (Å²) in [5, 5.41) is 18.1. The summed E-state index contributed by atoms with van der Waals surface area (Å²) < 4.78 is 64.8. The lowest BCUT2D eigenvalue weighted by molar-refractivity contribution is -0.141. The lowest BCUT2D eigenvalue weighted by Gasteiger charge is -2.44. The third-order valence-electron chi connectivity index (χ3n) is 5.07. The first kappa shape index (κ1) is 17.2. The van der Waals surface area contributed by atoms with E-state index in [1.807, 2.05) is 0 Å². The van der Waals surface area contributed by atoms with Gasteiger partial charge >= 0.3 is 6.18 Å². The minimum absolute atomic E-state index is 0.154. The zero-order chi connectivity index (χ0) is 17.8. The number of alkyl halides is 3. The SMILES string of the molecule is N#Cc1ccc(C2(O)CC3CCCC(C2)S3(=O)=O)c(C(F)(F)F)c1. The van der Waals surface area contributed by atoms with Crippen LogP contribution in [0.2, 0.25) is 0 Å². The molecule has 1 aromatic rings. The van der Waals surface area contributed by atoms with Gasteiger partial charge < -0.3 is 5.11 Å². The molecule has 1 aromatic carbocycles. The molecule has 4 nitrogen and oxygen atoms in total. The van der Waals surface area contributed by atoms with Crippen LogP contribution in [0.5, 0.6) is 0 Å². The first-order chi connectivity index (χ1) is 11.1. The Morgan fingerprint density at radius 1 is 1.21 bits per heavy atom. The van der Waals surface area contributed by atoms with Gasteiger partial charge in [0.1, 0.15) is 0 Å². The van der Waals surface area contributed by atoms with Crippen molar-refractivity contribution in [2.24, 2.45) is 0 Å². The Morgan fingerprint density at radius 2 is 1.79 bits per heavy atom. The van der Waals surface area contributed by atoms with E-state index in [0.29, 0.717) is 25.3 Å². The molecule has 1 N–H and O–H groups in total. The maximum atomic E-state index is 13.4. The van der Waals surface area contributed by atoms with Crippen molar-refractivity contribution in [2.75, 3.05) is 0 Å². The first-order valence-electron chi connectivity index (χ1n) is 7.65. The number of sulfone groups is 1. The average Bonchev–Trinajstić information content (AvgIpc) is 2.47. The van der Waals surface area contributed by atoms with Crippen molar-refractivity contribution in [3.05, 3.63) is 34.9 Å². The number of fused-ring (bicyclic) bond motifs is 2. The van der Waals surface area contributed by atoms with E-state index in [9.17, 15) is 26.7 Å². The van der Waals surface area contributed by atoms with Crippen LogP contribution in [0.15, 0.2) is 18.2 Å². The van der Waals surface area contributed by atoms with Gasteiger partial charge in [-0.2, -0.15) is 18.4 Å². The predicted molar refractivity (Wildman–Crippen MR) is 79.6 cm³/mol. The van der Waals surface area contributed by atoms with Crippen molar-refractivity contribution < 1.29 is 26.7 Å². The van der Waals surface area contributed by atoms with Crippen LogP contribution in [0.1, 0.15) is 48.8 Å². The highest BCUT2D eigenvalue weighted by Gasteiger charge is 2.53. The van der Waals surface area contributed by atoms with Crippen LogP contribution >= 0.6 is 0 Å². The maximum Gasteiger partial charge on any atom is 0.416 e.